The van der Waals surface area contributed by atoms with E-state index in [2.05, 4.69) is 19.7 Å². The Labute approximate surface area is 59.7 Å². The lowest BCUT2D eigenvalue weighted by molar-refractivity contribution is 0.589. The normalized spacial score (nSPS) is 19.7. The van der Waals surface area contributed by atoms with Crippen molar-refractivity contribution in [3.63, 3.8) is 0 Å². The van der Waals surface area contributed by atoms with Gasteiger partial charge in [-0.3, -0.25) is 0 Å². The number of rotatable bonds is 0. The first kappa shape index (κ1) is 6.49. The van der Waals surface area contributed by atoms with Gasteiger partial charge in [-0.25, -0.2) is 0 Å². The first-order valence-corrected chi connectivity index (χ1v) is 3.43. The standard InChI is InChI=1S/C7H9NS/c1-5-6(2)9-7(3)8(5)4/h1-3H2,4H3. The minimum atomic E-state index is 0.963. The van der Waals surface area contributed by atoms with Gasteiger partial charge in [0.1, 0.15) is 0 Å². The predicted molar refractivity (Wildman–Crippen MR) is 42.8 cm³/mol. The van der Waals surface area contributed by atoms with E-state index in [9.17, 15) is 0 Å². The first-order valence-electron chi connectivity index (χ1n) is 2.61. The maximum Gasteiger partial charge on any atom is 0.0725 e. The van der Waals surface area contributed by atoms with Crippen LogP contribution in [0.3, 0.4) is 0 Å². The third kappa shape index (κ3) is 0.900. The van der Waals surface area contributed by atoms with Crippen molar-refractivity contribution in [2.75, 3.05) is 7.05 Å². The smallest absolute Gasteiger partial charge is 0.0725 e. The number of hydrogen-bond acceptors (Lipinski definition) is 2. The topological polar surface area (TPSA) is 3.24 Å². The molecule has 1 aliphatic heterocycles. The molecule has 1 heterocycles. The minimum Gasteiger partial charge on any atom is -0.339 e. The molecule has 0 aromatic rings. The largest absolute Gasteiger partial charge is 0.339 e. The maximum atomic E-state index is 3.81. The number of nitrogens with zero attached hydrogens (tertiary/aromatic N) is 1. The molecule has 0 spiro atoms. The van der Waals surface area contributed by atoms with Crippen molar-refractivity contribution in [2.24, 2.45) is 0 Å². The van der Waals surface area contributed by atoms with E-state index in [1.54, 1.807) is 11.8 Å². The van der Waals surface area contributed by atoms with Crippen LogP contribution < -0.4 is 0 Å². The summed E-state index contributed by atoms with van der Waals surface area (Å²) in [5.74, 6) is 0. The Hall–Kier alpha value is -0.630. The van der Waals surface area contributed by atoms with E-state index in [1.807, 2.05) is 11.9 Å². The van der Waals surface area contributed by atoms with Gasteiger partial charge in [0.15, 0.2) is 0 Å². The van der Waals surface area contributed by atoms with Crippen molar-refractivity contribution >= 4 is 11.8 Å². The van der Waals surface area contributed by atoms with Gasteiger partial charge >= 0.3 is 0 Å². The highest BCUT2D eigenvalue weighted by atomic mass is 32.2. The molecule has 0 aromatic carbocycles. The van der Waals surface area contributed by atoms with Gasteiger partial charge in [-0.1, -0.05) is 31.5 Å². The summed E-state index contributed by atoms with van der Waals surface area (Å²) in [5, 5.41) is 1.00. The van der Waals surface area contributed by atoms with Crippen LogP contribution in [0.5, 0.6) is 0 Å². The average Bonchev–Trinajstić information content (AvgIpc) is 1.98. The SMILES string of the molecule is C=C1SC(=C)N(C)C1=C. The summed E-state index contributed by atoms with van der Waals surface area (Å²) in [6, 6.07) is 0. The lowest BCUT2D eigenvalue weighted by atomic mass is 10.4. The molecule has 0 saturated carbocycles. The summed E-state index contributed by atoms with van der Waals surface area (Å²) >= 11 is 1.57. The molecule has 2 heteroatoms. The van der Waals surface area contributed by atoms with E-state index >= 15 is 0 Å². The van der Waals surface area contributed by atoms with Gasteiger partial charge < -0.3 is 4.90 Å². The molecule has 48 valence electrons. The van der Waals surface area contributed by atoms with Crippen LogP contribution in [0.2, 0.25) is 0 Å². The van der Waals surface area contributed by atoms with E-state index in [-0.39, 0.29) is 0 Å². The molecule has 0 aliphatic carbocycles. The molecule has 1 nitrogen and oxygen atoms in total. The molecular weight excluding hydrogens is 130 g/mol. The Morgan fingerprint density at radius 2 is 1.89 bits per heavy atom. The summed E-state index contributed by atoms with van der Waals surface area (Å²) in [6.07, 6.45) is 0. The molecule has 0 amide bonds. The fourth-order valence-corrected chi connectivity index (χ4v) is 1.39. The fraction of sp³-hybridized carbons (Fsp3) is 0.143. The van der Waals surface area contributed by atoms with Gasteiger partial charge in [0, 0.05) is 17.6 Å². The van der Waals surface area contributed by atoms with Crippen LogP contribution in [-0.2, 0) is 0 Å². The van der Waals surface area contributed by atoms with Crippen LogP contribution in [0.15, 0.2) is 35.4 Å². The van der Waals surface area contributed by atoms with E-state index in [0.29, 0.717) is 0 Å². The first-order chi connectivity index (χ1) is 4.13. The lowest BCUT2D eigenvalue weighted by Gasteiger charge is -2.09. The van der Waals surface area contributed by atoms with Crippen molar-refractivity contribution in [1.29, 1.82) is 0 Å². The lowest BCUT2D eigenvalue weighted by Crippen LogP contribution is -2.05. The van der Waals surface area contributed by atoms with Gasteiger partial charge in [0.25, 0.3) is 0 Å². The summed E-state index contributed by atoms with van der Waals surface area (Å²) < 4.78 is 0. The van der Waals surface area contributed by atoms with E-state index in [0.717, 1.165) is 15.6 Å². The van der Waals surface area contributed by atoms with Gasteiger partial charge in [-0.05, 0) is 0 Å². The van der Waals surface area contributed by atoms with Crippen LogP contribution in [-0.4, -0.2) is 11.9 Å². The number of hydrogen-bond donors (Lipinski definition) is 0. The van der Waals surface area contributed by atoms with E-state index in [4.69, 9.17) is 0 Å². The second kappa shape index (κ2) is 1.95. The quantitative estimate of drug-likeness (QED) is 0.506. The highest BCUT2D eigenvalue weighted by Crippen LogP contribution is 2.39. The molecule has 9 heavy (non-hydrogen) atoms. The zero-order valence-corrected chi connectivity index (χ0v) is 6.29. The van der Waals surface area contributed by atoms with Crippen molar-refractivity contribution in [2.45, 2.75) is 0 Å². The van der Waals surface area contributed by atoms with E-state index in [1.165, 1.54) is 0 Å². The number of likely N-dealkylation sites (N-methyl/N-ethyl adjacent to an activating group) is 1. The molecule has 0 bridgehead atoms. The molecule has 1 aliphatic rings. The molecule has 0 radical (unpaired) electrons. The summed E-state index contributed by atoms with van der Waals surface area (Å²) in [5.41, 5.74) is 0.963. The molecule has 0 N–H and O–H groups in total. The highest BCUT2D eigenvalue weighted by Gasteiger charge is 2.18. The van der Waals surface area contributed by atoms with Crippen molar-refractivity contribution < 1.29 is 0 Å². The zero-order valence-electron chi connectivity index (χ0n) is 5.48. The molecule has 0 aromatic heterocycles. The van der Waals surface area contributed by atoms with Gasteiger partial charge in [0.05, 0.1) is 5.03 Å². The summed E-state index contributed by atoms with van der Waals surface area (Å²) in [7, 11) is 1.94. The zero-order chi connectivity index (χ0) is 7.02. The fourth-order valence-electron chi connectivity index (χ4n) is 0.607. The van der Waals surface area contributed by atoms with Crippen molar-refractivity contribution in [3.05, 3.63) is 35.4 Å². The Morgan fingerprint density at radius 3 is 2.00 bits per heavy atom. The van der Waals surface area contributed by atoms with Crippen molar-refractivity contribution in [1.82, 2.24) is 4.90 Å². The van der Waals surface area contributed by atoms with Crippen LogP contribution in [0.1, 0.15) is 0 Å². The Bertz CT molecular complexity index is 193. The van der Waals surface area contributed by atoms with Gasteiger partial charge in [0.2, 0.25) is 0 Å². The van der Waals surface area contributed by atoms with Gasteiger partial charge in [-0.15, -0.1) is 0 Å². The molecule has 0 atom stereocenters. The molecular formula is C7H9NS. The minimum absolute atomic E-state index is 0.963. The second-order valence-electron chi connectivity index (χ2n) is 1.92. The van der Waals surface area contributed by atoms with Crippen molar-refractivity contribution in [3.8, 4) is 0 Å². The summed E-state index contributed by atoms with van der Waals surface area (Å²) in [4.78, 5) is 2.94. The number of thioether (sulfide) groups is 1. The van der Waals surface area contributed by atoms with E-state index < -0.39 is 0 Å². The third-order valence-corrected chi connectivity index (χ3v) is 2.33. The van der Waals surface area contributed by atoms with Crippen LogP contribution >= 0.6 is 11.8 Å². The molecule has 1 rings (SSSR count). The Morgan fingerprint density at radius 1 is 1.33 bits per heavy atom. The van der Waals surface area contributed by atoms with Crippen LogP contribution in [0, 0.1) is 0 Å². The maximum absolute atomic E-state index is 3.81. The van der Waals surface area contributed by atoms with Crippen LogP contribution in [0.4, 0.5) is 0 Å². The molecule has 1 fully saturated rings. The molecule has 0 unspecified atom stereocenters. The Balaban J connectivity index is 2.90. The summed E-state index contributed by atoms with van der Waals surface area (Å²) in [6.45, 7) is 11.4. The molecule has 1 saturated heterocycles. The average molecular weight is 139 g/mol. The van der Waals surface area contributed by atoms with Crippen LogP contribution in [0.25, 0.3) is 0 Å². The second-order valence-corrected chi connectivity index (χ2v) is 3.09. The Kier molecular flexibility index (Phi) is 1.41. The third-order valence-electron chi connectivity index (χ3n) is 1.34. The predicted octanol–water partition coefficient (Wildman–Crippen LogP) is 2.16. The highest BCUT2D eigenvalue weighted by molar-refractivity contribution is 8.07. The monoisotopic (exact) mass is 139 g/mol. The van der Waals surface area contributed by atoms with Gasteiger partial charge in [-0.2, -0.15) is 0 Å².